The lowest BCUT2D eigenvalue weighted by atomic mass is 9.97. The van der Waals surface area contributed by atoms with Crippen molar-refractivity contribution in [2.75, 3.05) is 4.90 Å². The standard InChI is InChI=1S/C58H38N2O/c1-2-12-42-36-45(24-23-39(42)11-1)44-14-9-13-43(35-44)40-25-30-47(31-26-40)59(48-32-27-41(28-33-48)46-29-34-54-53-19-5-8-22-57(53)61-58(54)37-46)49-15-10-16-50(38-49)60-55-20-6-3-17-51(55)52-18-4-7-21-56(52)60/h1-38H. The van der Waals surface area contributed by atoms with E-state index >= 15 is 0 Å². The summed E-state index contributed by atoms with van der Waals surface area (Å²) in [5, 5.41) is 7.27. The van der Waals surface area contributed by atoms with Crippen LogP contribution in [0, 0.1) is 0 Å². The summed E-state index contributed by atoms with van der Waals surface area (Å²) in [6.45, 7) is 0. The number of furan rings is 1. The van der Waals surface area contributed by atoms with Crippen LogP contribution in [-0.4, -0.2) is 4.57 Å². The molecule has 0 aliphatic heterocycles. The highest BCUT2D eigenvalue weighted by atomic mass is 16.3. The number of hydrogen-bond acceptors (Lipinski definition) is 2. The fraction of sp³-hybridized carbons (Fsp3) is 0. The van der Waals surface area contributed by atoms with E-state index in [0.717, 1.165) is 55.8 Å². The largest absolute Gasteiger partial charge is 0.456 e. The van der Waals surface area contributed by atoms with Gasteiger partial charge in [0.05, 0.1) is 11.0 Å². The Hall–Kier alpha value is -8.14. The van der Waals surface area contributed by atoms with E-state index in [4.69, 9.17) is 4.42 Å². The van der Waals surface area contributed by atoms with Gasteiger partial charge in [0, 0.05) is 44.3 Å². The number of aromatic nitrogens is 1. The van der Waals surface area contributed by atoms with Crippen LogP contribution in [0.2, 0.25) is 0 Å². The fourth-order valence-corrected chi connectivity index (χ4v) is 9.18. The second kappa shape index (κ2) is 14.3. The molecule has 0 saturated carbocycles. The highest BCUT2D eigenvalue weighted by Gasteiger charge is 2.17. The minimum absolute atomic E-state index is 0.897. The van der Waals surface area contributed by atoms with E-state index in [0.29, 0.717) is 0 Å². The molecule has 286 valence electrons. The molecule has 12 aromatic rings. The van der Waals surface area contributed by atoms with Gasteiger partial charge in [0.15, 0.2) is 0 Å². The molecule has 0 N–H and O–H groups in total. The molecule has 0 saturated heterocycles. The molecule has 0 atom stereocenters. The Kier molecular flexibility index (Phi) is 8.17. The third kappa shape index (κ3) is 6.06. The van der Waals surface area contributed by atoms with Gasteiger partial charge >= 0.3 is 0 Å². The van der Waals surface area contributed by atoms with Gasteiger partial charge in [-0.05, 0) is 129 Å². The van der Waals surface area contributed by atoms with Gasteiger partial charge in [0.1, 0.15) is 11.2 Å². The maximum atomic E-state index is 6.26. The molecular weight excluding hydrogens is 741 g/mol. The molecule has 0 aliphatic carbocycles. The van der Waals surface area contributed by atoms with Crippen molar-refractivity contribution in [3.05, 3.63) is 231 Å². The van der Waals surface area contributed by atoms with E-state index in [1.807, 2.05) is 12.1 Å². The minimum atomic E-state index is 0.897. The molecule has 0 amide bonds. The van der Waals surface area contributed by atoms with E-state index < -0.39 is 0 Å². The van der Waals surface area contributed by atoms with Crippen LogP contribution in [0.4, 0.5) is 17.1 Å². The predicted octanol–water partition coefficient (Wildman–Crippen LogP) is 16.3. The quantitative estimate of drug-likeness (QED) is 0.161. The third-order valence-electron chi connectivity index (χ3n) is 12.2. The van der Waals surface area contributed by atoms with Crippen LogP contribution in [-0.2, 0) is 0 Å². The van der Waals surface area contributed by atoms with Crippen molar-refractivity contribution in [3.63, 3.8) is 0 Å². The van der Waals surface area contributed by atoms with Crippen molar-refractivity contribution in [1.82, 2.24) is 4.57 Å². The first kappa shape index (κ1) is 34.9. The van der Waals surface area contributed by atoms with Gasteiger partial charge in [-0.3, -0.25) is 0 Å². The zero-order valence-electron chi connectivity index (χ0n) is 33.2. The van der Waals surface area contributed by atoms with Crippen molar-refractivity contribution in [2.45, 2.75) is 0 Å². The van der Waals surface area contributed by atoms with Crippen LogP contribution >= 0.6 is 0 Å². The highest BCUT2D eigenvalue weighted by molar-refractivity contribution is 6.09. The molecule has 2 aromatic heterocycles. The van der Waals surface area contributed by atoms with Gasteiger partial charge in [-0.15, -0.1) is 0 Å². The Balaban J connectivity index is 0.946. The highest BCUT2D eigenvalue weighted by Crippen LogP contribution is 2.40. The number of hydrogen-bond donors (Lipinski definition) is 0. The van der Waals surface area contributed by atoms with E-state index in [1.54, 1.807) is 0 Å². The first-order valence-electron chi connectivity index (χ1n) is 20.8. The van der Waals surface area contributed by atoms with Crippen molar-refractivity contribution in [3.8, 4) is 39.1 Å². The van der Waals surface area contributed by atoms with Crippen molar-refractivity contribution in [2.24, 2.45) is 0 Å². The summed E-state index contributed by atoms with van der Waals surface area (Å²) in [6.07, 6.45) is 0. The summed E-state index contributed by atoms with van der Waals surface area (Å²) in [5.74, 6) is 0. The summed E-state index contributed by atoms with van der Waals surface area (Å²) in [7, 11) is 0. The first-order chi connectivity index (χ1) is 30.2. The van der Waals surface area contributed by atoms with Crippen molar-refractivity contribution < 1.29 is 4.42 Å². The van der Waals surface area contributed by atoms with Crippen LogP contribution in [0.25, 0.3) is 93.6 Å². The molecule has 0 bridgehead atoms. The maximum Gasteiger partial charge on any atom is 0.136 e. The van der Waals surface area contributed by atoms with Gasteiger partial charge in [-0.1, -0.05) is 146 Å². The Bertz CT molecular complexity index is 3540. The number of nitrogens with zero attached hydrogens (tertiary/aromatic N) is 2. The fourth-order valence-electron chi connectivity index (χ4n) is 9.18. The molecule has 3 heteroatoms. The number of benzene rings is 10. The van der Waals surface area contributed by atoms with Crippen LogP contribution in [0.3, 0.4) is 0 Å². The monoisotopic (exact) mass is 778 g/mol. The first-order valence-corrected chi connectivity index (χ1v) is 20.8. The zero-order chi connectivity index (χ0) is 40.3. The average molecular weight is 779 g/mol. The smallest absolute Gasteiger partial charge is 0.136 e. The van der Waals surface area contributed by atoms with E-state index in [9.17, 15) is 0 Å². The molecule has 2 heterocycles. The molecule has 0 aliphatic rings. The second-order valence-corrected chi connectivity index (χ2v) is 15.8. The molecule has 0 spiro atoms. The Morgan fingerprint density at radius 1 is 0.295 bits per heavy atom. The third-order valence-corrected chi connectivity index (χ3v) is 12.2. The Morgan fingerprint density at radius 3 is 1.54 bits per heavy atom. The molecular formula is C58H38N2O. The molecule has 61 heavy (non-hydrogen) atoms. The number of para-hydroxylation sites is 3. The lowest BCUT2D eigenvalue weighted by Gasteiger charge is -2.26. The Morgan fingerprint density at radius 2 is 0.820 bits per heavy atom. The minimum Gasteiger partial charge on any atom is -0.456 e. The van der Waals surface area contributed by atoms with Crippen LogP contribution < -0.4 is 4.90 Å². The van der Waals surface area contributed by atoms with E-state index in [1.165, 1.54) is 54.8 Å². The summed E-state index contributed by atoms with van der Waals surface area (Å²) in [5.41, 5.74) is 15.5. The maximum absolute atomic E-state index is 6.26. The Labute approximate surface area is 353 Å². The molecule has 0 unspecified atom stereocenters. The van der Waals surface area contributed by atoms with Gasteiger partial charge in [0.2, 0.25) is 0 Å². The van der Waals surface area contributed by atoms with E-state index in [2.05, 4.69) is 228 Å². The molecule has 0 fully saturated rings. The number of rotatable bonds is 7. The SMILES string of the molecule is c1cc(-c2ccc(N(c3ccc(-c4ccc5c(c4)oc4ccccc45)cc3)c3cccc(-n4c5ccccc5c5ccccc54)c3)cc2)cc(-c2ccc3ccccc3c2)c1. The summed E-state index contributed by atoms with van der Waals surface area (Å²) in [6, 6.07) is 83.0. The van der Waals surface area contributed by atoms with Gasteiger partial charge in [-0.2, -0.15) is 0 Å². The molecule has 3 nitrogen and oxygen atoms in total. The van der Waals surface area contributed by atoms with Crippen LogP contribution in [0.5, 0.6) is 0 Å². The van der Waals surface area contributed by atoms with Crippen LogP contribution in [0.15, 0.2) is 235 Å². The van der Waals surface area contributed by atoms with Crippen molar-refractivity contribution in [1.29, 1.82) is 0 Å². The number of fused-ring (bicyclic) bond motifs is 7. The number of anilines is 3. The topological polar surface area (TPSA) is 21.3 Å². The summed E-state index contributed by atoms with van der Waals surface area (Å²) >= 11 is 0. The summed E-state index contributed by atoms with van der Waals surface area (Å²) in [4.78, 5) is 2.36. The molecule has 10 aromatic carbocycles. The molecule has 12 rings (SSSR count). The van der Waals surface area contributed by atoms with Crippen LogP contribution in [0.1, 0.15) is 0 Å². The van der Waals surface area contributed by atoms with Crippen molar-refractivity contribution >= 4 is 71.6 Å². The average Bonchev–Trinajstić information content (AvgIpc) is 3.88. The molecule has 0 radical (unpaired) electrons. The van der Waals surface area contributed by atoms with Gasteiger partial charge < -0.3 is 13.9 Å². The van der Waals surface area contributed by atoms with Gasteiger partial charge in [-0.25, -0.2) is 0 Å². The summed E-state index contributed by atoms with van der Waals surface area (Å²) < 4.78 is 8.65. The van der Waals surface area contributed by atoms with Gasteiger partial charge in [0.25, 0.3) is 0 Å². The lowest BCUT2D eigenvalue weighted by molar-refractivity contribution is 0.669. The van der Waals surface area contributed by atoms with E-state index in [-0.39, 0.29) is 0 Å². The second-order valence-electron chi connectivity index (χ2n) is 15.8. The predicted molar refractivity (Wildman–Crippen MR) is 257 cm³/mol. The normalized spacial score (nSPS) is 11.6. The lowest BCUT2D eigenvalue weighted by Crippen LogP contribution is -2.10. The zero-order valence-corrected chi connectivity index (χ0v) is 33.2.